The molecule has 4 nitrogen and oxygen atoms in total. The molecule has 0 aliphatic carbocycles. The lowest BCUT2D eigenvalue weighted by Gasteiger charge is -2.33. The summed E-state index contributed by atoms with van der Waals surface area (Å²) in [4.78, 5) is 11.1. The number of halogens is 11. The molecule has 0 aliphatic rings. The fourth-order valence-corrected chi connectivity index (χ4v) is 1.24. The Morgan fingerprint density at radius 1 is 0.885 bits per heavy atom. The second kappa shape index (κ2) is 7.70. The molecule has 0 aliphatic heterocycles. The Kier molecular flexibility index (Phi) is 7.29. The molecular weight excluding hydrogens is 405 g/mol. The van der Waals surface area contributed by atoms with Crippen LogP contribution in [-0.2, 0) is 19.0 Å². The maximum Gasteiger partial charge on any atom is 0.462 e. The lowest BCUT2D eigenvalue weighted by atomic mass is 10.2. The average molecular weight is 416 g/mol. The van der Waals surface area contributed by atoms with E-state index in [1.807, 2.05) is 4.74 Å². The van der Waals surface area contributed by atoms with Gasteiger partial charge in [-0.25, -0.2) is 4.79 Å². The molecule has 2 unspecified atom stereocenters. The van der Waals surface area contributed by atoms with Crippen molar-refractivity contribution in [3.05, 3.63) is 0 Å². The minimum atomic E-state index is -7.25. The van der Waals surface area contributed by atoms with Gasteiger partial charge in [0.15, 0.2) is 0 Å². The van der Waals surface area contributed by atoms with Crippen LogP contribution in [0.1, 0.15) is 13.8 Å². The van der Waals surface area contributed by atoms with Gasteiger partial charge in [0, 0.05) is 6.61 Å². The van der Waals surface area contributed by atoms with Gasteiger partial charge in [-0.3, -0.25) is 4.74 Å². The van der Waals surface area contributed by atoms with Gasteiger partial charge in [-0.1, -0.05) is 0 Å². The van der Waals surface area contributed by atoms with E-state index < -0.39 is 48.9 Å². The predicted molar refractivity (Wildman–Crippen MR) is 59.0 cm³/mol. The molecule has 0 spiro atoms. The number of esters is 1. The minimum absolute atomic E-state index is 0.0644. The molecule has 0 N–H and O–H groups in total. The van der Waals surface area contributed by atoms with Crippen molar-refractivity contribution >= 4 is 5.97 Å². The number of ether oxygens (including phenoxy) is 3. The summed E-state index contributed by atoms with van der Waals surface area (Å²) in [5.41, 5.74) is 0. The number of alkyl halides is 11. The molecule has 2 atom stereocenters. The molecule has 0 saturated heterocycles. The van der Waals surface area contributed by atoms with E-state index in [0.717, 1.165) is 6.92 Å². The first-order valence-corrected chi connectivity index (χ1v) is 6.40. The van der Waals surface area contributed by atoms with Gasteiger partial charge in [0.2, 0.25) is 0 Å². The average Bonchev–Trinajstić information content (AvgIpc) is 2.41. The van der Waals surface area contributed by atoms with Crippen molar-refractivity contribution in [1.29, 1.82) is 0 Å². The highest BCUT2D eigenvalue weighted by molar-refractivity contribution is 5.78. The first-order valence-electron chi connectivity index (χ1n) is 6.40. The lowest BCUT2D eigenvalue weighted by Crippen LogP contribution is -2.62. The van der Waals surface area contributed by atoms with Crippen LogP contribution < -0.4 is 0 Å². The van der Waals surface area contributed by atoms with E-state index in [0.29, 0.717) is 0 Å². The van der Waals surface area contributed by atoms with E-state index in [1.165, 1.54) is 6.92 Å². The van der Waals surface area contributed by atoms with Gasteiger partial charge in [-0.2, -0.15) is 48.3 Å². The lowest BCUT2D eigenvalue weighted by molar-refractivity contribution is -0.475. The molecule has 0 aromatic heterocycles. The van der Waals surface area contributed by atoms with Crippen LogP contribution in [0.15, 0.2) is 0 Å². The number of hydrogen-bond acceptors (Lipinski definition) is 4. The third-order valence-corrected chi connectivity index (χ3v) is 2.52. The van der Waals surface area contributed by atoms with Crippen molar-refractivity contribution in [1.82, 2.24) is 0 Å². The maximum atomic E-state index is 13.7. The number of carbonyl (C=O) groups excluding carboxylic acids is 1. The van der Waals surface area contributed by atoms with E-state index >= 15 is 0 Å². The van der Waals surface area contributed by atoms with Crippen LogP contribution in [0.4, 0.5) is 48.3 Å². The highest BCUT2D eigenvalue weighted by Gasteiger charge is 2.80. The van der Waals surface area contributed by atoms with Crippen LogP contribution in [0.25, 0.3) is 0 Å². The highest BCUT2D eigenvalue weighted by Crippen LogP contribution is 2.51. The number of carbonyl (C=O) groups is 1. The van der Waals surface area contributed by atoms with E-state index in [4.69, 9.17) is 0 Å². The van der Waals surface area contributed by atoms with E-state index in [1.54, 1.807) is 0 Å². The monoisotopic (exact) mass is 416 g/mol. The second-order valence-electron chi connectivity index (χ2n) is 4.65. The molecular formula is C11H11F11O4. The Bertz CT molecular complexity index is 488. The molecule has 0 fully saturated rings. The van der Waals surface area contributed by atoms with Gasteiger partial charge < -0.3 is 9.47 Å². The largest absolute Gasteiger partial charge is 0.462 e. The first kappa shape index (κ1) is 24.6. The number of hydrogen-bond donors (Lipinski definition) is 0. The van der Waals surface area contributed by atoms with Crippen molar-refractivity contribution in [2.24, 2.45) is 0 Å². The molecule has 26 heavy (non-hydrogen) atoms. The Morgan fingerprint density at radius 3 is 1.69 bits per heavy atom. The highest BCUT2D eigenvalue weighted by atomic mass is 19.4. The number of rotatable bonds is 8. The van der Waals surface area contributed by atoms with Gasteiger partial charge in [0.05, 0.1) is 6.10 Å². The van der Waals surface area contributed by atoms with Crippen molar-refractivity contribution in [2.45, 2.75) is 50.2 Å². The standard InChI is InChI=1S/C11H11F11O4/c1-3-24-5(2)4-25-6(23)7(12,9(15,16)17)26-11(21,22)8(13,14)10(18,19)20/h5H,3-4H2,1-2H3. The summed E-state index contributed by atoms with van der Waals surface area (Å²) in [6.07, 6.45) is -22.2. The molecule has 0 rings (SSSR count). The molecule has 0 aromatic rings. The second-order valence-corrected chi connectivity index (χ2v) is 4.65. The summed E-state index contributed by atoms with van der Waals surface area (Å²) in [6, 6.07) is 0. The smallest absolute Gasteiger partial charge is 0.458 e. The van der Waals surface area contributed by atoms with Crippen LogP contribution >= 0.6 is 0 Å². The fourth-order valence-electron chi connectivity index (χ4n) is 1.24. The molecule has 15 heteroatoms. The van der Waals surface area contributed by atoms with Crippen molar-refractivity contribution < 1.29 is 67.3 Å². The predicted octanol–water partition coefficient (Wildman–Crippen LogP) is 3.99. The fraction of sp³-hybridized carbons (Fsp3) is 0.909. The van der Waals surface area contributed by atoms with Crippen molar-refractivity contribution in [3.63, 3.8) is 0 Å². The van der Waals surface area contributed by atoms with Crippen molar-refractivity contribution in [3.8, 4) is 0 Å². The zero-order valence-corrected chi connectivity index (χ0v) is 12.8. The Hall–Kier alpha value is -1.38. The summed E-state index contributed by atoms with van der Waals surface area (Å²) in [5, 5.41) is 0. The van der Waals surface area contributed by atoms with Crippen LogP contribution in [-0.4, -0.2) is 55.5 Å². The topological polar surface area (TPSA) is 44.8 Å². The van der Waals surface area contributed by atoms with Gasteiger partial charge >= 0.3 is 36.2 Å². The third-order valence-electron chi connectivity index (χ3n) is 2.52. The normalized spacial score (nSPS) is 17.6. The van der Waals surface area contributed by atoms with E-state index in [-0.39, 0.29) is 6.61 Å². The zero-order chi connectivity index (χ0) is 21.2. The van der Waals surface area contributed by atoms with Gasteiger partial charge in [-0.05, 0) is 13.8 Å². The molecule has 0 aromatic carbocycles. The van der Waals surface area contributed by atoms with Gasteiger partial charge in [0.25, 0.3) is 0 Å². The summed E-state index contributed by atoms with van der Waals surface area (Å²) < 4.78 is 148. The van der Waals surface area contributed by atoms with Gasteiger partial charge in [-0.15, -0.1) is 0 Å². The van der Waals surface area contributed by atoms with Crippen LogP contribution in [0.5, 0.6) is 0 Å². The molecule has 0 radical (unpaired) electrons. The summed E-state index contributed by atoms with van der Waals surface area (Å²) in [6.45, 7) is 1.23. The molecule has 0 amide bonds. The molecule has 0 heterocycles. The van der Waals surface area contributed by atoms with Crippen LogP contribution in [0, 0.1) is 0 Å². The summed E-state index contributed by atoms with van der Waals surface area (Å²) in [7, 11) is 0. The zero-order valence-electron chi connectivity index (χ0n) is 12.8. The maximum absolute atomic E-state index is 13.7. The Morgan fingerprint density at radius 2 is 1.35 bits per heavy atom. The van der Waals surface area contributed by atoms with E-state index in [9.17, 15) is 53.1 Å². The molecule has 0 saturated carbocycles. The van der Waals surface area contributed by atoms with Crippen molar-refractivity contribution in [2.75, 3.05) is 13.2 Å². The van der Waals surface area contributed by atoms with Gasteiger partial charge in [0.1, 0.15) is 6.61 Å². The van der Waals surface area contributed by atoms with E-state index in [2.05, 4.69) is 9.47 Å². The SMILES string of the molecule is CCOC(C)COC(=O)C(F)(OC(F)(F)C(F)(F)C(F)(F)F)C(F)(F)F. The Labute approximate surface area is 138 Å². The molecule has 0 bridgehead atoms. The Balaban J connectivity index is 5.66. The quantitative estimate of drug-likeness (QED) is 0.444. The first-order chi connectivity index (χ1) is 11.3. The molecule has 156 valence electrons. The summed E-state index contributed by atoms with van der Waals surface area (Å²) >= 11 is 0. The van der Waals surface area contributed by atoms with Crippen LogP contribution in [0.3, 0.4) is 0 Å². The third kappa shape index (κ3) is 5.08. The minimum Gasteiger partial charge on any atom is -0.458 e. The van der Waals surface area contributed by atoms with Crippen LogP contribution in [0.2, 0.25) is 0 Å². The summed E-state index contributed by atoms with van der Waals surface area (Å²) in [5.74, 6) is -16.9.